The molecule has 1 aliphatic rings. The number of hydrogen-bond acceptors (Lipinski definition) is 4. The SMILES string of the molecule is COc1ccc(OCCCC(=O)N2CCNC(C)C2C)cc1. The largest absolute Gasteiger partial charge is 0.497 e. The molecule has 22 heavy (non-hydrogen) atoms. The highest BCUT2D eigenvalue weighted by Gasteiger charge is 2.27. The minimum absolute atomic E-state index is 0.221. The molecule has 0 aliphatic carbocycles. The van der Waals surface area contributed by atoms with E-state index in [0.717, 1.165) is 31.0 Å². The molecule has 2 rings (SSSR count). The van der Waals surface area contributed by atoms with Gasteiger partial charge in [0.2, 0.25) is 5.91 Å². The number of nitrogens with zero attached hydrogens (tertiary/aromatic N) is 1. The van der Waals surface area contributed by atoms with Gasteiger partial charge in [0.05, 0.1) is 13.7 Å². The van der Waals surface area contributed by atoms with Gasteiger partial charge in [-0.25, -0.2) is 0 Å². The summed E-state index contributed by atoms with van der Waals surface area (Å²) in [5, 5.41) is 3.39. The van der Waals surface area contributed by atoms with E-state index in [1.807, 2.05) is 29.2 Å². The fourth-order valence-corrected chi connectivity index (χ4v) is 2.64. The van der Waals surface area contributed by atoms with E-state index in [9.17, 15) is 4.79 Å². The molecule has 0 aromatic heterocycles. The van der Waals surface area contributed by atoms with Gasteiger partial charge in [-0.2, -0.15) is 0 Å². The third kappa shape index (κ3) is 4.37. The van der Waals surface area contributed by atoms with Crippen LogP contribution in [0.2, 0.25) is 0 Å². The van der Waals surface area contributed by atoms with E-state index >= 15 is 0 Å². The fourth-order valence-electron chi connectivity index (χ4n) is 2.64. The lowest BCUT2D eigenvalue weighted by atomic mass is 10.1. The number of methoxy groups -OCH3 is 1. The number of carbonyl (C=O) groups excluding carboxylic acids is 1. The molecule has 5 nitrogen and oxygen atoms in total. The number of ether oxygens (including phenoxy) is 2. The average Bonchev–Trinajstić information content (AvgIpc) is 2.54. The summed E-state index contributed by atoms with van der Waals surface area (Å²) < 4.78 is 10.8. The maximum atomic E-state index is 12.3. The second-order valence-electron chi connectivity index (χ2n) is 5.70. The summed E-state index contributed by atoms with van der Waals surface area (Å²) in [7, 11) is 1.64. The summed E-state index contributed by atoms with van der Waals surface area (Å²) in [4.78, 5) is 14.3. The molecule has 0 spiro atoms. The summed E-state index contributed by atoms with van der Waals surface area (Å²) in [6, 6.07) is 8.09. The van der Waals surface area contributed by atoms with Crippen LogP contribution in [0.5, 0.6) is 11.5 Å². The van der Waals surface area contributed by atoms with Crippen LogP contribution in [-0.4, -0.2) is 49.7 Å². The quantitative estimate of drug-likeness (QED) is 0.818. The van der Waals surface area contributed by atoms with Gasteiger partial charge >= 0.3 is 0 Å². The third-order valence-corrected chi connectivity index (χ3v) is 4.22. The van der Waals surface area contributed by atoms with Crippen molar-refractivity contribution >= 4 is 5.91 Å². The highest BCUT2D eigenvalue weighted by molar-refractivity contribution is 5.76. The Hall–Kier alpha value is -1.75. The van der Waals surface area contributed by atoms with Gasteiger partial charge in [0.25, 0.3) is 0 Å². The van der Waals surface area contributed by atoms with Crippen LogP contribution < -0.4 is 14.8 Å². The molecule has 1 aromatic rings. The smallest absolute Gasteiger partial charge is 0.223 e. The molecule has 1 aliphatic heterocycles. The Kier molecular flexibility index (Phi) is 6.07. The maximum absolute atomic E-state index is 12.3. The van der Waals surface area contributed by atoms with Crippen molar-refractivity contribution in [2.45, 2.75) is 38.8 Å². The first-order chi connectivity index (χ1) is 10.6. The maximum Gasteiger partial charge on any atom is 0.223 e. The van der Waals surface area contributed by atoms with Crippen molar-refractivity contribution < 1.29 is 14.3 Å². The first-order valence-corrected chi connectivity index (χ1v) is 7.91. The van der Waals surface area contributed by atoms with Crippen molar-refractivity contribution in [3.05, 3.63) is 24.3 Å². The Balaban J connectivity index is 1.70. The van der Waals surface area contributed by atoms with E-state index in [2.05, 4.69) is 19.2 Å². The molecule has 5 heteroatoms. The van der Waals surface area contributed by atoms with Crippen molar-refractivity contribution in [3.8, 4) is 11.5 Å². The van der Waals surface area contributed by atoms with Gasteiger partial charge in [-0.05, 0) is 44.5 Å². The van der Waals surface area contributed by atoms with Crippen LogP contribution in [0.15, 0.2) is 24.3 Å². The number of rotatable bonds is 6. The summed E-state index contributed by atoms with van der Waals surface area (Å²) in [5.41, 5.74) is 0. The predicted octanol–water partition coefficient (Wildman–Crippen LogP) is 2.06. The van der Waals surface area contributed by atoms with Gasteiger partial charge in [0, 0.05) is 31.6 Å². The lowest BCUT2D eigenvalue weighted by Gasteiger charge is -2.38. The normalized spacial score (nSPS) is 21.5. The van der Waals surface area contributed by atoms with E-state index in [1.165, 1.54) is 0 Å². The van der Waals surface area contributed by atoms with Crippen LogP contribution in [0.25, 0.3) is 0 Å². The average molecular weight is 306 g/mol. The number of hydrogen-bond donors (Lipinski definition) is 1. The minimum atomic E-state index is 0.221. The number of benzene rings is 1. The van der Waals surface area contributed by atoms with Crippen LogP contribution in [0.3, 0.4) is 0 Å². The van der Waals surface area contributed by atoms with Crippen molar-refractivity contribution in [2.75, 3.05) is 26.8 Å². The molecule has 1 N–H and O–H groups in total. The van der Waals surface area contributed by atoms with Crippen molar-refractivity contribution in [1.82, 2.24) is 10.2 Å². The van der Waals surface area contributed by atoms with Crippen LogP contribution in [-0.2, 0) is 4.79 Å². The zero-order chi connectivity index (χ0) is 15.9. The molecular weight excluding hydrogens is 280 g/mol. The predicted molar refractivity (Wildman–Crippen MR) is 86.4 cm³/mol. The molecule has 1 aromatic carbocycles. The summed E-state index contributed by atoms with van der Waals surface area (Å²) in [6.07, 6.45) is 1.27. The number of nitrogens with one attached hydrogen (secondary N) is 1. The summed E-state index contributed by atoms with van der Waals surface area (Å²) in [6.45, 7) is 6.44. The van der Waals surface area contributed by atoms with Gasteiger partial charge < -0.3 is 19.7 Å². The highest BCUT2D eigenvalue weighted by atomic mass is 16.5. The zero-order valence-electron chi connectivity index (χ0n) is 13.7. The molecule has 0 saturated carbocycles. The van der Waals surface area contributed by atoms with Gasteiger partial charge in [-0.3, -0.25) is 4.79 Å². The molecule has 1 amide bonds. The minimum Gasteiger partial charge on any atom is -0.497 e. The summed E-state index contributed by atoms with van der Waals surface area (Å²) in [5.74, 6) is 1.83. The Bertz CT molecular complexity index is 475. The molecule has 0 radical (unpaired) electrons. The Labute approximate surface area is 132 Å². The third-order valence-electron chi connectivity index (χ3n) is 4.22. The molecule has 1 saturated heterocycles. The molecule has 2 unspecified atom stereocenters. The second-order valence-corrected chi connectivity index (χ2v) is 5.70. The van der Waals surface area contributed by atoms with E-state index in [-0.39, 0.29) is 11.9 Å². The standard InChI is InChI=1S/C17H26N2O3/c1-13-14(2)19(11-10-18-13)17(20)5-4-12-22-16-8-6-15(21-3)7-9-16/h6-9,13-14,18H,4-5,10-12H2,1-3H3. The summed E-state index contributed by atoms with van der Waals surface area (Å²) >= 11 is 0. The number of carbonyl (C=O) groups is 1. The van der Waals surface area contributed by atoms with Crippen LogP contribution in [0.1, 0.15) is 26.7 Å². The van der Waals surface area contributed by atoms with Gasteiger partial charge in [0.1, 0.15) is 11.5 Å². The van der Waals surface area contributed by atoms with E-state index < -0.39 is 0 Å². The molecular formula is C17H26N2O3. The lowest BCUT2D eigenvalue weighted by Crippen LogP contribution is -2.57. The topological polar surface area (TPSA) is 50.8 Å². The molecule has 0 bridgehead atoms. The Morgan fingerprint density at radius 3 is 2.64 bits per heavy atom. The van der Waals surface area contributed by atoms with E-state index in [0.29, 0.717) is 19.1 Å². The van der Waals surface area contributed by atoms with Crippen LogP contribution in [0.4, 0.5) is 0 Å². The molecule has 2 atom stereocenters. The number of amides is 1. The van der Waals surface area contributed by atoms with Crippen LogP contribution in [0, 0.1) is 0 Å². The molecule has 1 heterocycles. The Morgan fingerprint density at radius 1 is 1.27 bits per heavy atom. The van der Waals surface area contributed by atoms with E-state index in [4.69, 9.17) is 9.47 Å². The Morgan fingerprint density at radius 2 is 1.95 bits per heavy atom. The zero-order valence-corrected chi connectivity index (χ0v) is 13.7. The van der Waals surface area contributed by atoms with E-state index in [1.54, 1.807) is 7.11 Å². The monoisotopic (exact) mass is 306 g/mol. The lowest BCUT2D eigenvalue weighted by molar-refractivity contribution is -0.135. The van der Waals surface area contributed by atoms with Crippen molar-refractivity contribution in [1.29, 1.82) is 0 Å². The van der Waals surface area contributed by atoms with Gasteiger partial charge in [-0.15, -0.1) is 0 Å². The fraction of sp³-hybridized carbons (Fsp3) is 0.588. The van der Waals surface area contributed by atoms with Gasteiger partial charge in [-0.1, -0.05) is 0 Å². The first-order valence-electron chi connectivity index (χ1n) is 7.91. The van der Waals surface area contributed by atoms with Crippen LogP contribution >= 0.6 is 0 Å². The van der Waals surface area contributed by atoms with Gasteiger partial charge in [0.15, 0.2) is 0 Å². The molecule has 122 valence electrons. The molecule has 1 fully saturated rings. The highest BCUT2D eigenvalue weighted by Crippen LogP contribution is 2.17. The second kappa shape index (κ2) is 8.03. The van der Waals surface area contributed by atoms with Crippen molar-refractivity contribution in [3.63, 3.8) is 0 Å². The first kappa shape index (κ1) is 16.6. The number of piperazine rings is 1. The van der Waals surface area contributed by atoms with Crippen molar-refractivity contribution in [2.24, 2.45) is 0 Å².